The van der Waals surface area contributed by atoms with Crippen LogP contribution in [0.25, 0.3) is 17.4 Å². The van der Waals surface area contributed by atoms with Gasteiger partial charge >= 0.3 is 5.97 Å². The van der Waals surface area contributed by atoms with Crippen LogP contribution < -0.4 is 14.9 Å². The molecule has 0 unspecified atom stereocenters. The monoisotopic (exact) mass is 544 g/mol. The van der Waals surface area contributed by atoms with E-state index in [2.05, 4.69) is 4.99 Å². The fraction of sp³-hybridized carbons (Fsp3) is 0.160. The van der Waals surface area contributed by atoms with E-state index in [1.54, 1.807) is 54.8 Å². The van der Waals surface area contributed by atoms with Crippen molar-refractivity contribution in [1.29, 1.82) is 0 Å². The number of nitrogens with zero attached hydrogens (tertiary/aromatic N) is 2. The number of halogens is 2. The lowest BCUT2D eigenvalue weighted by Crippen LogP contribution is -2.39. The summed E-state index contributed by atoms with van der Waals surface area (Å²) in [5.41, 5.74) is 1.29. The third-order valence-electron chi connectivity index (χ3n) is 5.42. The van der Waals surface area contributed by atoms with Crippen LogP contribution in [0.3, 0.4) is 0 Å². The fourth-order valence-corrected chi connectivity index (χ4v) is 6.13. The number of fused-ring (bicyclic) bond motifs is 1. The molecular weight excluding hydrogens is 527 g/mol. The Labute approximate surface area is 218 Å². The van der Waals surface area contributed by atoms with E-state index in [0.717, 1.165) is 4.88 Å². The first-order valence-corrected chi connectivity index (χ1v) is 13.1. The van der Waals surface area contributed by atoms with Crippen molar-refractivity contribution >= 4 is 57.9 Å². The Morgan fingerprint density at radius 2 is 2.09 bits per heavy atom. The SMILES string of the molecule is CCOC(=O)C1=C(C)N=c2s/c(=C\c3ccc(-c4cc(Cl)ccc4Cl)o3)c(=O)n2[C@@H]1c1cccs1. The van der Waals surface area contributed by atoms with E-state index in [0.29, 0.717) is 47.7 Å². The lowest BCUT2D eigenvalue weighted by molar-refractivity contribution is -0.139. The number of allylic oxidation sites excluding steroid dienone is 1. The number of rotatable bonds is 5. The van der Waals surface area contributed by atoms with E-state index < -0.39 is 12.0 Å². The topological polar surface area (TPSA) is 73.8 Å². The van der Waals surface area contributed by atoms with Crippen molar-refractivity contribution in [3.8, 4) is 11.3 Å². The molecule has 6 nitrogen and oxygen atoms in total. The van der Waals surface area contributed by atoms with Gasteiger partial charge in [-0.1, -0.05) is 40.6 Å². The van der Waals surface area contributed by atoms with Gasteiger partial charge in [-0.05, 0) is 55.6 Å². The van der Waals surface area contributed by atoms with Gasteiger partial charge in [0.1, 0.15) is 17.6 Å². The van der Waals surface area contributed by atoms with E-state index in [9.17, 15) is 9.59 Å². The van der Waals surface area contributed by atoms with Crippen LogP contribution in [-0.2, 0) is 9.53 Å². The highest BCUT2D eigenvalue weighted by Gasteiger charge is 2.33. The Hall–Kier alpha value is -2.91. The third kappa shape index (κ3) is 4.43. The zero-order chi connectivity index (χ0) is 24.7. The second-order valence-electron chi connectivity index (χ2n) is 7.64. The van der Waals surface area contributed by atoms with E-state index in [1.165, 1.54) is 22.7 Å². The molecule has 1 aromatic carbocycles. The highest BCUT2D eigenvalue weighted by molar-refractivity contribution is 7.10. The zero-order valence-electron chi connectivity index (χ0n) is 18.6. The summed E-state index contributed by atoms with van der Waals surface area (Å²) in [6.07, 6.45) is 1.67. The van der Waals surface area contributed by atoms with Gasteiger partial charge in [-0.15, -0.1) is 11.3 Å². The molecule has 4 aromatic rings. The van der Waals surface area contributed by atoms with Crippen LogP contribution in [0.15, 0.2) is 73.3 Å². The Balaban J connectivity index is 1.62. The predicted octanol–water partition coefficient (Wildman–Crippen LogP) is 5.43. The smallest absolute Gasteiger partial charge is 0.338 e. The van der Waals surface area contributed by atoms with Crippen LogP contribution in [-0.4, -0.2) is 17.1 Å². The molecule has 0 aliphatic carbocycles. The van der Waals surface area contributed by atoms with Crippen molar-refractivity contribution in [2.75, 3.05) is 6.61 Å². The summed E-state index contributed by atoms with van der Waals surface area (Å²) < 4.78 is 13.2. The van der Waals surface area contributed by atoms with E-state index in [1.807, 2.05) is 17.5 Å². The van der Waals surface area contributed by atoms with Crippen molar-refractivity contribution in [2.45, 2.75) is 19.9 Å². The maximum atomic E-state index is 13.6. The standard InChI is InChI=1S/C25H18Cl2N2O4S2/c1-3-32-24(31)21-13(2)28-25-29(22(21)19-5-4-10-34-19)23(30)20(35-25)12-15-7-9-18(33-15)16-11-14(26)6-8-17(16)27/h4-12,22H,3H2,1-2H3/b20-12-/t22-/m1/s1. The Kier molecular flexibility index (Phi) is 6.55. The Bertz CT molecular complexity index is 1640. The van der Waals surface area contributed by atoms with Crippen molar-refractivity contribution < 1.29 is 13.9 Å². The molecule has 0 N–H and O–H groups in total. The van der Waals surface area contributed by atoms with Gasteiger partial charge in [0.05, 0.1) is 27.4 Å². The zero-order valence-corrected chi connectivity index (χ0v) is 21.7. The summed E-state index contributed by atoms with van der Waals surface area (Å²) in [6, 6.07) is 11.8. The van der Waals surface area contributed by atoms with Gasteiger partial charge in [-0.2, -0.15) is 0 Å². The minimum absolute atomic E-state index is 0.231. The molecule has 0 spiro atoms. The normalized spacial score (nSPS) is 15.8. The summed E-state index contributed by atoms with van der Waals surface area (Å²) in [5, 5.41) is 2.96. The number of esters is 1. The van der Waals surface area contributed by atoms with Crippen LogP contribution in [0.2, 0.25) is 10.0 Å². The number of thiophene rings is 1. The Morgan fingerprint density at radius 1 is 1.26 bits per heavy atom. The maximum absolute atomic E-state index is 13.6. The summed E-state index contributed by atoms with van der Waals surface area (Å²) in [4.78, 5) is 32.3. The summed E-state index contributed by atoms with van der Waals surface area (Å²) in [5.74, 6) is 0.541. The molecule has 0 amide bonds. The molecule has 0 saturated carbocycles. The maximum Gasteiger partial charge on any atom is 0.338 e. The molecule has 178 valence electrons. The third-order valence-corrected chi connectivity index (χ3v) is 7.90. The molecule has 1 aliphatic rings. The molecule has 5 rings (SSSR count). The molecule has 0 fully saturated rings. The van der Waals surface area contributed by atoms with Crippen LogP contribution in [0.1, 0.15) is 30.5 Å². The summed E-state index contributed by atoms with van der Waals surface area (Å²) >= 11 is 15.1. The minimum Gasteiger partial charge on any atom is -0.463 e. The molecule has 0 saturated heterocycles. The van der Waals surface area contributed by atoms with Crippen LogP contribution in [0.4, 0.5) is 0 Å². The van der Waals surface area contributed by atoms with Crippen LogP contribution in [0, 0.1) is 0 Å². The molecule has 35 heavy (non-hydrogen) atoms. The highest BCUT2D eigenvalue weighted by atomic mass is 35.5. The van der Waals surface area contributed by atoms with Gasteiger partial charge in [-0.3, -0.25) is 9.36 Å². The van der Waals surface area contributed by atoms with Crippen LogP contribution in [0.5, 0.6) is 0 Å². The second-order valence-corrected chi connectivity index (χ2v) is 10.5. The van der Waals surface area contributed by atoms with E-state index in [-0.39, 0.29) is 12.2 Å². The second kappa shape index (κ2) is 9.62. The van der Waals surface area contributed by atoms with Gasteiger partial charge in [0, 0.05) is 21.5 Å². The average Bonchev–Trinajstić information content (AvgIpc) is 3.57. The fourth-order valence-electron chi connectivity index (χ4n) is 3.90. The molecule has 0 bridgehead atoms. The average molecular weight is 545 g/mol. The largest absolute Gasteiger partial charge is 0.463 e. The highest BCUT2D eigenvalue weighted by Crippen LogP contribution is 2.34. The summed E-state index contributed by atoms with van der Waals surface area (Å²) in [6.45, 7) is 3.74. The van der Waals surface area contributed by atoms with Crippen molar-refractivity contribution in [1.82, 2.24) is 4.57 Å². The van der Waals surface area contributed by atoms with Crippen LogP contribution >= 0.6 is 45.9 Å². The van der Waals surface area contributed by atoms with E-state index in [4.69, 9.17) is 32.4 Å². The number of hydrogen-bond acceptors (Lipinski definition) is 7. The number of carbonyl (C=O) groups is 1. The molecule has 0 radical (unpaired) electrons. The number of aromatic nitrogens is 1. The van der Waals surface area contributed by atoms with Crippen molar-refractivity contribution in [3.63, 3.8) is 0 Å². The number of hydrogen-bond donors (Lipinski definition) is 0. The first-order chi connectivity index (χ1) is 16.9. The van der Waals surface area contributed by atoms with Crippen molar-refractivity contribution in [2.24, 2.45) is 4.99 Å². The first-order valence-electron chi connectivity index (χ1n) is 10.7. The van der Waals surface area contributed by atoms with Gasteiger partial charge in [0.25, 0.3) is 5.56 Å². The van der Waals surface area contributed by atoms with Crippen molar-refractivity contribution in [3.05, 3.63) is 99.5 Å². The minimum atomic E-state index is -0.607. The first kappa shape index (κ1) is 23.8. The number of furan rings is 1. The Morgan fingerprint density at radius 3 is 2.83 bits per heavy atom. The molecule has 3 aromatic heterocycles. The number of ether oxygens (including phenoxy) is 1. The molecule has 10 heteroatoms. The number of benzene rings is 1. The molecule has 4 heterocycles. The van der Waals surface area contributed by atoms with Gasteiger partial charge in [0.2, 0.25) is 0 Å². The predicted molar refractivity (Wildman–Crippen MR) is 139 cm³/mol. The van der Waals surface area contributed by atoms with Gasteiger partial charge in [0.15, 0.2) is 4.80 Å². The summed E-state index contributed by atoms with van der Waals surface area (Å²) in [7, 11) is 0. The molecular formula is C25H18Cl2N2O4S2. The quantitative estimate of drug-likeness (QED) is 0.314. The molecule has 1 aliphatic heterocycles. The van der Waals surface area contributed by atoms with Gasteiger partial charge in [-0.25, -0.2) is 9.79 Å². The lowest BCUT2D eigenvalue weighted by Gasteiger charge is -2.23. The molecule has 1 atom stereocenters. The number of carbonyl (C=O) groups excluding carboxylic acids is 1. The van der Waals surface area contributed by atoms with E-state index >= 15 is 0 Å². The lowest BCUT2D eigenvalue weighted by atomic mass is 10.0. The van der Waals surface area contributed by atoms with Gasteiger partial charge < -0.3 is 9.15 Å². The number of thiazole rings is 1.